The van der Waals surface area contributed by atoms with E-state index in [9.17, 15) is 0 Å². The van der Waals surface area contributed by atoms with Crippen molar-refractivity contribution >= 4 is 24.8 Å². The maximum absolute atomic E-state index is 5.75. The Morgan fingerprint density at radius 1 is 1.17 bits per heavy atom. The fourth-order valence-electron chi connectivity index (χ4n) is 2.37. The predicted octanol–water partition coefficient (Wildman–Crippen LogP) is 1.27. The van der Waals surface area contributed by atoms with Crippen LogP contribution < -0.4 is 5.73 Å². The molecule has 2 heterocycles. The average molecular weight is 213 g/mol. The molecule has 2 fully saturated rings. The van der Waals surface area contributed by atoms with Gasteiger partial charge >= 0.3 is 0 Å². The van der Waals surface area contributed by atoms with Crippen molar-refractivity contribution in [1.82, 2.24) is 4.90 Å². The van der Waals surface area contributed by atoms with Gasteiger partial charge in [0.25, 0.3) is 0 Å². The highest BCUT2D eigenvalue weighted by atomic mass is 35.5. The van der Waals surface area contributed by atoms with E-state index in [2.05, 4.69) is 4.90 Å². The molecule has 4 heteroatoms. The third-order valence-corrected chi connectivity index (χ3v) is 3.13. The molecule has 2 aliphatic rings. The van der Waals surface area contributed by atoms with Crippen LogP contribution in [0.5, 0.6) is 0 Å². The first-order valence-corrected chi connectivity index (χ1v) is 4.27. The predicted molar refractivity (Wildman–Crippen MR) is 56.3 cm³/mol. The zero-order valence-electron chi connectivity index (χ0n) is 7.29. The number of rotatable bonds is 1. The molecule has 2 nitrogen and oxygen atoms in total. The minimum Gasteiger partial charge on any atom is -0.330 e. The molecule has 0 aromatic carbocycles. The van der Waals surface area contributed by atoms with Crippen LogP contribution in [0.2, 0.25) is 0 Å². The van der Waals surface area contributed by atoms with Crippen LogP contribution >= 0.6 is 24.8 Å². The lowest BCUT2D eigenvalue weighted by Crippen LogP contribution is -2.38. The normalized spacial score (nSPS) is 38.2. The number of piperidine rings is 1. The molecule has 0 amide bonds. The molecular formula is C8H18Cl2N2. The SMILES string of the molecule is Cl.Cl.NCC12CCCN(CC1)C2. The summed E-state index contributed by atoms with van der Waals surface area (Å²) in [6.45, 7) is 4.81. The van der Waals surface area contributed by atoms with Crippen LogP contribution in [0.25, 0.3) is 0 Å². The van der Waals surface area contributed by atoms with Crippen LogP contribution in [-0.2, 0) is 0 Å². The van der Waals surface area contributed by atoms with E-state index < -0.39 is 0 Å². The summed E-state index contributed by atoms with van der Waals surface area (Å²) in [6.07, 6.45) is 4.10. The van der Waals surface area contributed by atoms with Gasteiger partial charge in [-0.25, -0.2) is 0 Å². The lowest BCUT2D eigenvalue weighted by molar-refractivity contribution is 0.189. The van der Waals surface area contributed by atoms with E-state index in [-0.39, 0.29) is 24.8 Å². The molecule has 0 spiro atoms. The van der Waals surface area contributed by atoms with Crippen molar-refractivity contribution in [2.45, 2.75) is 19.3 Å². The molecule has 2 saturated heterocycles. The van der Waals surface area contributed by atoms with Gasteiger partial charge in [0, 0.05) is 6.54 Å². The minimum atomic E-state index is 0. The van der Waals surface area contributed by atoms with Gasteiger partial charge in [0.2, 0.25) is 0 Å². The third kappa shape index (κ3) is 2.05. The lowest BCUT2D eigenvalue weighted by Gasteiger charge is -2.32. The van der Waals surface area contributed by atoms with Crippen LogP contribution in [0, 0.1) is 5.41 Å². The summed E-state index contributed by atoms with van der Waals surface area (Å²) >= 11 is 0. The molecule has 12 heavy (non-hydrogen) atoms. The maximum Gasteiger partial charge on any atom is 0.00506 e. The van der Waals surface area contributed by atoms with Crippen molar-refractivity contribution in [2.24, 2.45) is 11.1 Å². The number of nitrogens with two attached hydrogens (primary N) is 1. The molecule has 0 radical (unpaired) electrons. The summed E-state index contributed by atoms with van der Waals surface area (Å²) in [4.78, 5) is 2.55. The van der Waals surface area contributed by atoms with E-state index in [0.717, 1.165) is 6.54 Å². The van der Waals surface area contributed by atoms with Gasteiger partial charge in [0.15, 0.2) is 0 Å². The monoisotopic (exact) mass is 212 g/mol. The first-order chi connectivity index (χ1) is 4.85. The second-order valence-corrected chi connectivity index (χ2v) is 3.83. The Hall–Kier alpha value is 0.500. The molecule has 74 valence electrons. The highest BCUT2D eigenvalue weighted by molar-refractivity contribution is 5.85. The van der Waals surface area contributed by atoms with Crippen molar-refractivity contribution in [3.63, 3.8) is 0 Å². The fourth-order valence-corrected chi connectivity index (χ4v) is 2.37. The zero-order chi connectivity index (χ0) is 7.03. The van der Waals surface area contributed by atoms with E-state index >= 15 is 0 Å². The summed E-state index contributed by atoms with van der Waals surface area (Å²) in [5.41, 5.74) is 6.29. The van der Waals surface area contributed by atoms with Gasteiger partial charge in [-0.1, -0.05) is 0 Å². The second-order valence-electron chi connectivity index (χ2n) is 3.83. The zero-order valence-corrected chi connectivity index (χ0v) is 8.92. The third-order valence-electron chi connectivity index (χ3n) is 3.13. The van der Waals surface area contributed by atoms with Crippen LogP contribution in [0.1, 0.15) is 19.3 Å². The average Bonchev–Trinajstić information content (AvgIpc) is 2.29. The van der Waals surface area contributed by atoms with Crippen LogP contribution in [0.3, 0.4) is 0 Å². The molecule has 2 rings (SSSR count). The van der Waals surface area contributed by atoms with Gasteiger partial charge in [-0.15, -0.1) is 24.8 Å². The van der Waals surface area contributed by atoms with E-state index in [1.807, 2.05) is 0 Å². The molecule has 0 aliphatic carbocycles. The molecule has 0 aromatic heterocycles. The highest BCUT2D eigenvalue weighted by Crippen LogP contribution is 2.37. The smallest absolute Gasteiger partial charge is 0.00506 e. The standard InChI is InChI=1S/C8H16N2.2ClH/c9-6-8-2-1-4-10(7-8)5-3-8;;/h1-7,9H2;2*1H. The minimum absolute atomic E-state index is 0. The quantitative estimate of drug-likeness (QED) is 0.710. The molecule has 2 N–H and O–H groups in total. The first-order valence-electron chi connectivity index (χ1n) is 4.27. The van der Waals surface area contributed by atoms with Gasteiger partial charge in [-0.05, 0) is 44.3 Å². The van der Waals surface area contributed by atoms with Crippen molar-refractivity contribution in [3.8, 4) is 0 Å². The van der Waals surface area contributed by atoms with Gasteiger partial charge in [0.05, 0.1) is 0 Å². The lowest BCUT2D eigenvalue weighted by atomic mass is 9.81. The van der Waals surface area contributed by atoms with Crippen LogP contribution in [-0.4, -0.2) is 31.1 Å². The van der Waals surface area contributed by atoms with Gasteiger partial charge < -0.3 is 10.6 Å². The molecule has 2 atom stereocenters. The fraction of sp³-hybridized carbons (Fsp3) is 1.00. The Kier molecular flexibility index (Phi) is 4.85. The van der Waals surface area contributed by atoms with Gasteiger partial charge in [-0.3, -0.25) is 0 Å². The second kappa shape index (κ2) is 4.66. The van der Waals surface area contributed by atoms with Gasteiger partial charge in [0.1, 0.15) is 0 Å². The van der Waals surface area contributed by atoms with E-state index in [0.29, 0.717) is 5.41 Å². The number of hydrogen-bond acceptors (Lipinski definition) is 2. The highest BCUT2D eigenvalue weighted by Gasteiger charge is 2.39. The Bertz CT molecular complexity index is 139. The largest absolute Gasteiger partial charge is 0.330 e. The Morgan fingerprint density at radius 2 is 1.92 bits per heavy atom. The molecule has 2 unspecified atom stereocenters. The number of halogens is 2. The summed E-state index contributed by atoms with van der Waals surface area (Å²) < 4.78 is 0. The molecule has 2 bridgehead atoms. The van der Waals surface area contributed by atoms with Crippen LogP contribution in [0.4, 0.5) is 0 Å². The van der Waals surface area contributed by atoms with E-state index in [4.69, 9.17) is 5.73 Å². The van der Waals surface area contributed by atoms with Crippen molar-refractivity contribution in [3.05, 3.63) is 0 Å². The topological polar surface area (TPSA) is 29.3 Å². The number of nitrogens with zero attached hydrogens (tertiary/aromatic N) is 1. The van der Waals surface area contributed by atoms with Gasteiger partial charge in [-0.2, -0.15) is 0 Å². The van der Waals surface area contributed by atoms with Crippen molar-refractivity contribution in [1.29, 1.82) is 0 Å². The van der Waals surface area contributed by atoms with Crippen molar-refractivity contribution < 1.29 is 0 Å². The van der Waals surface area contributed by atoms with E-state index in [1.165, 1.54) is 38.9 Å². The summed E-state index contributed by atoms with van der Waals surface area (Å²) in [5.74, 6) is 0. The Balaban J connectivity index is 0.000000605. The molecule has 2 aliphatic heterocycles. The number of hydrogen-bond donors (Lipinski definition) is 1. The molecule has 0 aromatic rings. The van der Waals surface area contributed by atoms with Crippen molar-refractivity contribution in [2.75, 3.05) is 26.2 Å². The summed E-state index contributed by atoms with van der Waals surface area (Å²) in [5, 5.41) is 0. The Labute approximate surface area is 86.7 Å². The first kappa shape index (κ1) is 12.5. The summed E-state index contributed by atoms with van der Waals surface area (Å²) in [7, 11) is 0. The van der Waals surface area contributed by atoms with Crippen LogP contribution in [0.15, 0.2) is 0 Å². The summed E-state index contributed by atoms with van der Waals surface area (Å²) in [6, 6.07) is 0. The Morgan fingerprint density at radius 3 is 2.50 bits per heavy atom. The molecule has 0 saturated carbocycles. The number of fused-ring (bicyclic) bond motifs is 2. The maximum atomic E-state index is 5.75. The van der Waals surface area contributed by atoms with E-state index in [1.54, 1.807) is 0 Å². The molecular weight excluding hydrogens is 195 g/mol.